The number of hydroxylamine groups is 1. The Labute approximate surface area is 96.1 Å². The Kier molecular flexibility index (Phi) is 4.74. The van der Waals surface area contributed by atoms with E-state index in [1.54, 1.807) is 12.1 Å². The molecule has 0 saturated heterocycles. The van der Waals surface area contributed by atoms with Crippen LogP contribution >= 0.6 is 22.9 Å². The second-order valence-electron chi connectivity index (χ2n) is 2.76. The Bertz CT molecular complexity index is 364. The molecule has 1 aromatic rings. The molecular formula is C9H10ClNO3S. The number of carbonyl (C=O) groups excluding carboxylic acids is 2. The van der Waals surface area contributed by atoms with E-state index >= 15 is 0 Å². The summed E-state index contributed by atoms with van der Waals surface area (Å²) in [5.41, 5.74) is 2.14. The van der Waals surface area contributed by atoms with Crippen LogP contribution in [-0.4, -0.2) is 18.8 Å². The summed E-state index contributed by atoms with van der Waals surface area (Å²) in [6.45, 7) is 0. The van der Waals surface area contributed by atoms with Gasteiger partial charge in [0.25, 0.3) is 0 Å². The first-order valence-electron chi connectivity index (χ1n) is 4.24. The van der Waals surface area contributed by atoms with Gasteiger partial charge in [0, 0.05) is 12.8 Å². The third kappa shape index (κ3) is 3.99. The highest BCUT2D eigenvalue weighted by molar-refractivity contribution is 7.18. The van der Waals surface area contributed by atoms with E-state index in [0.717, 1.165) is 0 Å². The fraction of sp³-hybridized carbons (Fsp3) is 0.333. The summed E-state index contributed by atoms with van der Waals surface area (Å²) in [6, 6.07) is 3.32. The van der Waals surface area contributed by atoms with Crippen molar-refractivity contribution in [2.24, 2.45) is 0 Å². The molecule has 0 saturated carbocycles. The van der Waals surface area contributed by atoms with E-state index in [4.69, 9.17) is 11.6 Å². The molecular weight excluding hydrogens is 238 g/mol. The molecule has 0 radical (unpaired) electrons. The highest BCUT2D eigenvalue weighted by Crippen LogP contribution is 2.22. The second kappa shape index (κ2) is 5.85. The minimum absolute atomic E-state index is 0.0850. The van der Waals surface area contributed by atoms with Gasteiger partial charge < -0.3 is 0 Å². The number of thiophene rings is 1. The van der Waals surface area contributed by atoms with Gasteiger partial charge >= 0.3 is 0 Å². The molecule has 0 aliphatic heterocycles. The zero-order valence-corrected chi connectivity index (χ0v) is 9.65. The fourth-order valence-corrected chi connectivity index (χ4v) is 1.99. The highest BCUT2D eigenvalue weighted by atomic mass is 35.5. The van der Waals surface area contributed by atoms with Crippen LogP contribution in [0.2, 0.25) is 4.34 Å². The van der Waals surface area contributed by atoms with Crippen LogP contribution < -0.4 is 5.48 Å². The molecule has 1 rings (SSSR count). The van der Waals surface area contributed by atoms with Crippen LogP contribution in [0, 0.1) is 0 Å². The van der Waals surface area contributed by atoms with E-state index in [0.29, 0.717) is 9.21 Å². The number of rotatable bonds is 5. The largest absolute Gasteiger partial charge is 0.293 e. The number of nitrogens with one attached hydrogen (secondary N) is 1. The molecule has 1 amide bonds. The van der Waals surface area contributed by atoms with Gasteiger partial charge in [-0.15, -0.1) is 11.3 Å². The first-order chi connectivity index (χ1) is 7.13. The minimum atomic E-state index is -0.312. The molecule has 0 spiro atoms. The third-order valence-corrected chi connectivity index (χ3v) is 2.92. The Balaban J connectivity index is 2.40. The molecule has 1 heterocycles. The smallest absolute Gasteiger partial charge is 0.243 e. The molecule has 0 aliphatic carbocycles. The van der Waals surface area contributed by atoms with Crippen LogP contribution in [0.1, 0.15) is 22.5 Å². The molecule has 1 aromatic heterocycles. The Morgan fingerprint density at radius 3 is 2.73 bits per heavy atom. The summed E-state index contributed by atoms with van der Waals surface area (Å²) in [5, 5.41) is 0. The van der Waals surface area contributed by atoms with Crippen molar-refractivity contribution in [3.8, 4) is 0 Å². The minimum Gasteiger partial charge on any atom is -0.293 e. The van der Waals surface area contributed by atoms with Crippen LogP contribution in [0.15, 0.2) is 12.1 Å². The van der Waals surface area contributed by atoms with E-state index in [2.05, 4.69) is 10.3 Å². The molecule has 15 heavy (non-hydrogen) atoms. The van der Waals surface area contributed by atoms with E-state index in [1.165, 1.54) is 18.4 Å². The molecule has 0 fully saturated rings. The van der Waals surface area contributed by atoms with Crippen molar-refractivity contribution in [2.75, 3.05) is 7.11 Å². The summed E-state index contributed by atoms with van der Waals surface area (Å²) >= 11 is 6.90. The maximum absolute atomic E-state index is 11.5. The SMILES string of the molecule is CONC(=O)CCC(=O)c1ccc(Cl)s1. The number of amides is 1. The zero-order valence-electron chi connectivity index (χ0n) is 8.08. The quantitative estimate of drug-likeness (QED) is 0.640. The first kappa shape index (κ1) is 12.2. The van der Waals surface area contributed by atoms with Crippen LogP contribution in [-0.2, 0) is 9.63 Å². The van der Waals surface area contributed by atoms with Gasteiger partial charge in [-0.05, 0) is 12.1 Å². The van der Waals surface area contributed by atoms with Crippen LogP contribution in [0.4, 0.5) is 0 Å². The van der Waals surface area contributed by atoms with Crippen molar-refractivity contribution < 1.29 is 14.4 Å². The topological polar surface area (TPSA) is 55.4 Å². The second-order valence-corrected chi connectivity index (χ2v) is 4.47. The standard InChI is InChI=1S/C9H10ClNO3S/c1-14-11-9(13)5-2-6(12)7-3-4-8(10)15-7/h3-4H,2,5H2,1H3,(H,11,13). The van der Waals surface area contributed by atoms with Gasteiger partial charge in [0.05, 0.1) is 16.3 Å². The third-order valence-electron chi connectivity index (χ3n) is 1.64. The van der Waals surface area contributed by atoms with Gasteiger partial charge in [-0.1, -0.05) is 11.6 Å². The number of Topliss-reactive ketones (excluding diaryl/α,β-unsaturated/α-hetero) is 1. The van der Waals surface area contributed by atoms with Crippen LogP contribution in [0.25, 0.3) is 0 Å². The van der Waals surface area contributed by atoms with Crippen LogP contribution in [0.5, 0.6) is 0 Å². The lowest BCUT2D eigenvalue weighted by Gasteiger charge is -1.99. The summed E-state index contributed by atoms with van der Waals surface area (Å²) in [4.78, 5) is 27.5. The van der Waals surface area contributed by atoms with E-state index in [9.17, 15) is 9.59 Å². The van der Waals surface area contributed by atoms with E-state index in [1.807, 2.05) is 0 Å². The Morgan fingerprint density at radius 1 is 1.47 bits per heavy atom. The lowest BCUT2D eigenvalue weighted by Crippen LogP contribution is -2.22. The molecule has 0 atom stereocenters. The van der Waals surface area contributed by atoms with Gasteiger partial charge in [0.15, 0.2) is 5.78 Å². The van der Waals surface area contributed by atoms with Gasteiger partial charge in [-0.25, -0.2) is 5.48 Å². The van der Waals surface area contributed by atoms with Gasteiger partial charge in [-0.3, -0.25) is 14.4 Å². The Morgan fingerprint density at radius 2 is 2.20 bits per heavy atom. The van der Waals surface area contributed by atoms with Crippen molar-refractivity contribution >= 4 is 34.6 Å². The average Bonchev–Trinajstić information content (AvgIpc) is 2.62. The zero-order chi connectivity index (χ0) is 11.3. The molecule has 4 nitrogen and oxygen atoms in total. The summed E-state index contributed by atoms with van der Waals surface area (Å²) in [7, 11) is 1.35. The highest BCUT2D eigenvalue weighted by Gasteiger charge is 2.10. The molecule has 0 unspecified atom stereocenters. The van der Waals surface area contributed by atoms with Crippen molar-refractivity contribution in [1.82, 2.24) is 5.48 Å². The Hall–Kier alpha value is -0.910. The molecule has 6 heteroatoms. The fourth-order valence-electron chi connectivity index (χ4n) is 0.979. The number of carbonyl (C=O) groups is 2. The molecule has 0 aromatic carbocycles. The maximum Gasteiger partial charge on any atom is 0.243 e. The summed E-state index contributed by atoms with van der Waals surface area (Å²) in [5.74, 6) is -0.397. The molecule has 82 valence electrons. The van der Waals surface area contributed by atoms with Gasteiger partial charge in [-0.2, -0.15) is 0 Å². The molecule has 1 N–H and O–H groups in total. The lowest BCUT2D eigenvalue weighted by atomic mass is 10.2. The van der Waals surface area contributed by atoms with Gasteiger partial charge in [0.1, 0.15) is 0 Å². The monoisotopic (exact) mass is 247 g/mol. The predicted molar refractivity (Wildman–Crippen MR) is 58.0 cm³/mol. The van der Waals surface area contributed by atoms with Crippen molar-refractivity contribution in [3.63, 3.8) is 0 Å². The van der Waals surface area contributed by atoms with Gasteiger partial charge in [0.2, 0.25) is 5.91 Å². The number of hydrogen-bond acceptors (Lipinski definition) is 4. The van der Waals surface area contributed by atoms with Crippen molar-refractivity contribution in [2.45, 2.75) is 12.8 Å². The number of hydrogen-bond donors (Lipinski definition) is 1. The maximum atomic E-state index is 11.5. The summed E-state index contributed by atoms with van der Waals surface area (Å²) < 4.78 is 0.569. The lowest BCUT2D eigenvalue weighted by molar-refractivity contribution is -0.131. The number of ketones is 1. The van der Waals surface area contributed by atoms with E-state index in [-0.39, 0.29) is 24.5 Å². The summed E-state index contributed by atoms with van der Waals surface area (Å²) in [6.07, 6.45) is 0.272. The van der Waals surface area contributed by atoms with Crippen molar-refractivity contribution in [1.29, 1.82) is 0 Å². The normalized spacial score (nSPS) is 10.0. The molecule has 0 bridgehead atoms. The average molecular weight is 248 g/mol. The molecule has 0 aliphatic rings. The van der Waals surface area contributed by atoms with Crippen molar-refractivity contribution in [3.05, 3.63) is 21.3 Å². The first-order valence-corrected chi connectivity index (χ1v) is 5.43. The van der Waals surface area contributed by atoms with E-state index < -0.39 is 0 Å². The van der Waals surface area contributed by atoms with Crippen LogP contribution in [0.3, 0.4) is 0 Å². The number of halogens is 1. The predicted octanol–water partition coefficient (Wildman–Crippen LogP) is 2.04.